The molecule has 0 aliphatic rings. The van der Waals surface area contributed by atoms with Crippen LogP contribution in [0, 0.1) is 11.8 Å². The van der Waals surface area contributed by atoms with Crippen LogP contribution in [-0.4, -0.2) is 24.5 Å². The molecular weight excluding hydrogens is 759 g/mol. The molecule has 61 heavy (non-hydrogen) atoms. The molecule has 0 amide bonds. The molecule has 0 saturated heterocycles. The average molecular weight is 804 g/mol. The molecular formula is C52H45N5O4. The lowest BCUT2D eigenvalue weighted by Gasteiger charge is -2.14. The van der Waals surface area contributed by atoms with Crippen LogP contribution < -0.4 is 18.9 Å². The summed E-state index contributed by atoms with van der Waals surface area (Å²) in [5.41, 5.74) is 6.50. The van der Waals surface area contributed by atoms with Gasteiger partial charge in [0.1, 0.15) is 34.5 Å². The lowest BCUT2D eigenvalue weighted by Crippen LogP contribution is -2.02. The highest BCUT2D eigenvalue weighted by Gasteiger charge is 2.18. The van der Waals surface area contributed by atoms with E-state index in [2.05, 4.69) is 72.6 Å². The molecule has 9 heteroatoms. The van der Waals surface area contributed by atoms with E-state index in [1.165, 1.54) is 11.1 Å². The first-order valence-corrected chi connectivity index (χ1v) is 20.6. The second kappa shape index (κ2) is 17.4. The largest absolute Gasteiger partial charge is 0.457 e. The summed E-state index contributed by atoms with van der Waals surface area (Å²) in [7, 11) is 0. The van der Waals surface area contributed by atoms with Gasteiger partial charge >= 0.3 is 0 Å². The summed E-state index contributed by atoms with van der Waals surface area (Å²) in [6, 6.07) is 45.2. The van der Waals surface area contributed by atoms with E-state index in [1.807, 2.05) is 122 Å². The van der Waals surface area contributed by atoms with Gasteiger partial charge in [-0.2, -0.15) is 0 Å². The zero-order valence-corrected chi connectivity index (χ0v) is 34.5. The standard InChI is InChI=1S/C52H45N5O4/c1-34(2)23-36-25-37(24-35(3)4)27-38(26-36)39-32-55-52(56-33-39)57-48-30-44(58-40-11-9-13-42(28-40)60-50-15-5-7-21-53-50)17-19-46(48)47-20-18-45(31-49(47)57)59-41-12-10-14-43(29-41)61-51-16-6-8-22-54-51/h5-22,25-35H,23-24H2,1-4H3. The minimum Gasteiger partial charge on any atom is -0.457 e. The Morgan fingerprint density at radius 2 is 0.885 bits per heavy atom. The first-order valence-electron chi connectivity index (χ1n) is 20.6. The van der Waals surface area contributed by atoms with Crippen LogP contribution in [0.3, 0.4) is 0 Å². The van der Waals surface area contributed by atoms with Gasteiger partial charge in [-0.1, -0.05) is 70.2 Å². The fourth-order valence-electron chi connectivity index (χ4n) is 7.55. The van der Waals surface area contributed by atoms with Gasteiger partial charge in [-0.15, -0.1) is 0 Å². The van der Waals surface area contributed by atoms with Crippen molar-refractivity contribution in [3.05, 3.63) is 175 Å². The van der Waals surface area contributed by atoms with Crippen molar-refractivity contribution in [2.24, 2.45) is 11.8 Å². The number of hydrogen-bond donors (Lipinski definition) is 0. The fourth-order valence-corrected chi connectivity index (χ4v) is 7.55. The highest BCUT2D eigenvalue weighted by molar-refractivity contribution is 6.09. The zero-order chi connectivity index (χ0) is 41.7. The van der Waals surface area contributed by atoms with Crippen LogP contribution in [0.15, 0.2) is 164 Å². The first kappa shape index (κ1) is 39.0. The van der Waals surface area contributed by atoms with Gasteiger partial charge in [-0.3, -0.25) is 4.57 Å². The van der Waals surface area contributed by atoms with Gasteiger partial charge in [0.05, 0.1) is 11.0 Å². The maximum Gasteiger partial charge on any atom is 0.234 e. The summed E-state index contributed by atoms with van der Waals surface area (Å²) in [5, 5.41) is 2.03. The zero-order valence-electron chi connectivity index (χ0n) is 34.5. The van der Waals surface area contributed by atoms with Crippen molar-refractivity contribution < 1.29 is 18.9 Å². The highest BCUT2D eigenvalue weighted by atomic mass is 16.5. The van der Waals surface area contributed by atoms with Gasteiger partial charge in [0.15, 0.2) is 0 Å². The van der Waals surface area contributed by atoms with Crippen molar-refractivity contribution in [2.75, 3.05) is 0 Å². The molecule has 9 rings (SSSR count). The molecule has 0 unspecified atom stereocenters. The predicted molar refractivity (Wildman–Crippen MR) is 241 cm³/mol. The smallest absolute Gasteiger partial charge is 0.234 e. The first-order chi connectivity index (χ1) is 29.8. The Hall–Kier alpha value is -7.52. The molecule has 9 nitrogen and oxygen atoms in total. The van der Waals surface area contributed by atoms with Crippen LogP contribution in [0.4, 0.5) is 0 Å². The summed E-state index contributed by atoms with van der Waals surface area (Å²) in [5.74, 6) is 6.39. The molecule has 0 radical (unpaired) electrons. The van der Waals surface area contributed by atoms with Crippen LogP contribution in [0.5, 0.6) is 46.3 Å². The van der Waals surface area contributed by atoms with Crippen LogP contribution in [-0.2, 0) is 12.8 Å². The van der Waals surface area contributed by atoms with Gasteiger partial charge < -0.3 is 18.9 Å². The number of hydrogen-bond acceptors (Lipinski definition) is 8. The molecule has 5 aromatic carbocycles. The van der Waals surface area contributed by atoms with Crippen molar-refractivity contribution in [3.8, 4) is 63.3 Å². The number of ether oxygens (including phenoxy) is 4. The minimum atomic E-state index is 0.504. The van der Waals surface area contributed by atoms with Crippen molar-refractivity contribution in [1.29, 1.82) is 0 Å². The maximum absolute atomic E-state index is 6.47. The van der Waals surface area contributed by atoms with Crippen LogP contribution in [0.1, 0.15) is 38.8 Å². The second-order valence-corrected chi connectivity index (χ2v) is 15.9. The highest BCUT2D eigenvalue weighted by Crippen LogP contribution is 2.38. The molecule has 302 valence electrons. The van der Waals surface area contributed by atoms with Crippen LogP contribution >= 0.6 is 0 Å². The van der Waals surface area contributed by atoms with Crippen molar-refractivity contribution in [3.63, 3.8) is 0 Å². The van der Waals surface area contributed by atoms with Crippen molar-refractivity contribution in [2.45, 2.75) is 40.5 Å². The van der Waals surface area contributed by atoms with Crippen LogP contribution in [0.2, 0.25) is 0 Å². The van der Waals surface area contributed by atoms with Crippen molar-refractivity contribution >= 4 is 21.8 Å². The van der Waals surface area contributed by atoms with E-state index in [1.54, 1.807) is 12.4 Å². The Balaban J connectivity index is 1.10. The number of pyridine rings is 2. The fraction of sp³-hybridized carbons (Fsp3) is 0.154. The van der Waals surface area contributed by atoms with Gasteiger partial charge in [-0.05, 0) is 102 Å². The van der Waals surface area contributed by atoms with E-state index in [9.17, 15) is 0 Å². The SMILES string of the molecule is CC(C)Cc1cc(CC(C)C)cc(-c2cnc(-n3c4cc(Oc5cccc(Oc6ccccn6)c5)ccc4c4ccc(Oc5cccc(Oc6ccccn6)c5)cc43)nc2)c1. The molecule has 0 fully saturated rings. The molecule has 0 saturated carbocycles. The summed E-state index contributed by atoms with van der Waals surface area (Å²) < 4.78 is 27.0. The maximum atomic E-state index is 6.47. The molecule has 0 aliphatic carbocycles. The topological polar surface area (TPSA) is 93.4 Å². The molecule has 4 heterocycles. The normalized spacial score (nSPS) is 11.4. The Kier molecular flexibility index (Phi) is 11.1. The Morgan fingerprint density at radius 3 is 1.33 bits per heavy atom. The third-order valence-electron chi connectivity index (χ3n) is 10.0. The minimum absolute atomic E-state index is 0.504. The second-order valence-electron chi connectivity index (χ2n) is 15.9. The summed E-state index contributed by atoms with van der Waals surface area (Å²) >= 11 is 0. The molecule has 0 bridgehead atoms. The molecule has 0 spiro atoms. The van der Waals surface area contributed by atoms with E-state index < -0.39 is 0 Å². The number of nitrogens with zero attached hydrogens (tertiary/aromatic N) is 5. The summed E-state index contributed by atoms with van der Waals surface area (Å²) in [6.45, 7) is 9.04. The van der Waals surface area contributed by atoms with Crippen LogP contribution in [0.25, 0.3) is 38.9 Å². The Morgan fingerprint density at radius 1 is 0.426 bits per heavy atom. The van der Waals surface area contributed by atoms with Gasteiger partial charge in [0.2, 0.25) is 17.7 Å². The quantitative estimate of drug-likeness (QED) is 0.107. The lowest BCUT2D eigenvalue weighted by molar-refractivity contribution is 0.448. The molecule has 0 aliphatic heterocycles. The third-order valence-corrected chi connectivity index (χ3v) is 10.0. The van der Waals surface area contributed by atoms with Gasteiger partial charge in [0, 0.05) is 77.5 Å². The van der Waals surface area contributed by atoms with E-state index in [0.29, 0.717) is 64.0 Å². The van der Waals surface area contributed by atoms with E-state index in [0.717, 1.165) is 45.8 Å². The third kappa shape index (κ3) is 9.21. The van der Waals surface area contributed by atoms with E-state index in [4.69, 9.17) is 28.9 Å². The number of benzene rings is 5. The van der Waals surface area contributed by atoms with E-state index in [-0.39, 0.29) is 0 Å². The monoisotopic (exact) mass is 803 g/mol. The number of aromatic nitrogens is 5. The molecule has 0 atom stereocenters. The Labute approximate surface area is 355 Å². The Bertz CT molecular complexity index is 2760. The predicted octanol–water partition coefficient (Wildman–Crippen LogP) is 13.6. The van der Waals surface area contributed by atoms with Crippen molar-refractivity contribution in [1.82, 2.24) is 24.5 Å². The number of rotatable bonds is 14. The average Bonchev–Trinajstić information content (AvgIpc) is 3.57. The molecule has 9 aromatic rings. The number of fused-ring (bicyclic) bond motifs is 3. The van der Waals surface area contributed by atoms with E-state index >= 15 is 0 Å². The summed E-state index contributed by atoms with van der Waals surface area (Å²) in [6.07, 6.45) is 9.27. The molecule has 0 N–H and O–H groups in total. The summed E-state index contributed by atoms with van der Waals surface area (Å²) in [4.78, 5) is 18.6. The van der Waals surface area contributed by atoms with Gasteiger partial charge in [0.25, 0.3) is 0 Å². The lowest BCUT2D eigenvalue weighted by atomic mass is 9.93. The van der Waals surface area contributed by atoms with Gasteiger partial charge in [-0.25, -0.2) is 19.9 Å². The molecule has 4 aromatic heterocycles.